The van der Waals surface area contributed by atoms with Crippen molar-refractivity contribution in [2.24, 2.45) is 0 Å². The molecule has 1 fully saturated rings. The van der Waals surface area contributed by atoms with Gasteiger partial charge in [-0.3, -0.25) is 4.90 Å². The number of fused-ring (bicyclic) bond motifs is 1. The molecule has 0 saturated carbocycles. The minimum absolute atomic E-state index is 0.253. The number of para-hydroxylation sites is 1. The molecular weight excluding hydrogens is 410 g/mol. The zero-order valence-electron chi connectivity index (χ0n) is 19.2. The van der Waals surface area contributed by atoms with Gasteiger partial charge in [0.1, 0.15) is 30.0 Å². The number of nitrogens with zero attached hydrogens (tertiary/aromatic N) is 1. The SMILES string of the molecule is CC1=C(c2cccc(O)c2)[C@H](c2ccc(OCCN3CCCCC3)cc2)Oc2ccccc21. The minimum Gasteiger partial charge on any atom is -0.508 e. The summed E-state index contributed by atoms with van der Waals surface area (Å²) in [6, 6.07) is 23.8. The van der Waals surface area contributed by atoms with E-state index in [9.17, 15) is 5.11 Å². The van der Waals surface area contributed by atoms with Crippen LogP contribution in [0.1, 0.15) is 49.0 Å². The van der Waals surface area contributed by atoms with E-state index in [-0.39, 0.29) is 11.9 Å². The van der Waals surface area contributed by atoms with Crippen LogP contribution in [0.15, 0.2) is 72.8 Å². The maximum Gasteiger partial charge on any atom is 0.150 e. The second-order valence-electron chi connectivity index (χ2n) is 8.90. The first kappa shape index (κ1) is 21.6. The smallest absolute Gasteiger partial charge is 0.150 e. The van der Waals surface area contributed by atoms with E-state index >= 15 is 0 Å². The van der Waals surface area contributed by atoms with Gasteiger partial charge in [0.25, 0.3) is 0 Å². The molecule has 33 heavy (non-hydrogen) atoms. The highest BCUT2D eigenvalue weighted by molar-refractivity contribution is 5.95. The third-order valence-corrected chi connectivity index (χ3v) is 6.67. The number of hydrogen-bond acceptors (Lipinski definition) is 4. The lowest BCUT2D eigenvalue weighted by Gasteiger charge is -2.31. The highest BCUT2D eigenvalue weighted by Gasteiger charge is 2.29. The van der Waals surface area contributed by atoms with Gasteiger partial charge < -0.3 is 14.6 Å². The van der Waals surface area contributed by atoms with Gasteiger partial charge >= 0.3 is 0 Å². The third-order valence-electron chi connectivity index (χ3n) is 6.67. The van der Waals surface area contributed by atoms with Crippen LogP contribution in [0.25, 0.3) is 11.1 Å². The fraction of sp³-hybridized carbons (Fsp3) is 0.310. The van der Waals surface area contributed by atoms with Crippen LogP contribution in [-0.4, -0.2) is 36.2 Å². The molecule has 0 aliphatic carbocycles. The molecule has 5 rings (SSSR count). The van der Waals surface area contributed by atoms with Crippen molar-refractivity contribution < 1.29 is 14.6 Å². The van der Waals surface area contributed by atoms with Gasteiger partial charge in [0.2, 0.25) is 0 Å². The van der Waals surface area contributed by atoms with Crippen LogP contribution >= 0.6 is 0 Å². The first-order valence-electron chi connectivity index (χ1n) is 11.9. The normalized spacial score (nSPS) is 18.5. The topological polar surface area (TPSA) is 41.9 Å². The zero-order chi connectivity index (χ0) is 22.6. The molecule has 2 heterocycles. The van der Waals surface area contributed by atoms with E-state index in [0.717, 1.165) is 45.9 Å². The monoisotopic (exact) mass is 441 g/mol. The van der Waals surface area contributed by atoms with Crippen molar-refractivity contribution in [2.75, 3.05) is 26.2 Å². The van der Waals surface area contributed by atoms with Crippen LogP contribution < -0.4 is 9.47 Å². The first-order chi connectivity index (χ1) is 16.2. The van der Waals surface area contributed by atoms with Crippen molar-refractivity contribution in [2.45, 2.75) is 32.3 Å². The molecule has 2 aliphatic heterocycles. The second kappa shape index (κ2) is 9.72. The van der Waals surface area contributed by atoms with Gasteiger partial charge in [-0.25, -0.2) is 0 Å². The van der Waals surface area contributed by atoms with E-state index in [1.807, 2.05) is 42.5 Å². The summed E-state index contributed by atoms with van der Waals surface area (Å²) in [6.45, 7) is 6.19. The number of piperidine rings is 1. The largest absolute Gasteiger partial charge is 0.508 e. The van der Waals surface area contributed by atoms with Crippen LogP contribution in [0.4, 0.5) is 0 Å². The number of ether oxygens (including phenoxy) is 2. The molecule has 3 aromatic rings. The van der Waals surface area contributed by atoms with E-state index in [2.05, 4.69) is 30.0 Å². The highest BCUT2D eigenvalue weighted by atomic mass is 16.5. The summed E-state index contributed by atoms with van der Waals surface area (Å²) in [5.74, 6) is 2.01. The molecule has 0 aromatic heterocycles. The van der Waals surface area contributed by atoms with E-state index in [1.54, 1.807) is 12.1 Å². The summed E-state index contributed by atoms with van der Waals surface area (Å²) in [6.07, 6.45) is 3.69. The molecule has 2 aliphatic rings. The molecule has 4 nitrogen and oxygen atoms in total. The summed E-state index contributed by atoms with van der Waals surface area (Å²) in [7, 11) is 0. The summed E-state index contributed by atoms with van der Waals surface area (Å²) >= 11 is 0. The van der Waals surface area contributed by atoms with E-state index in [0.29, 0.717) is 6.61 Å². The van der Waals surface area contributed by atoms with Crippen LogP contribution in [0.2, 0.25) is 0 Å². The molecule has 0 unspecified atom stereocenters. The maximum atomic E-state index is 10.1. The summed E-state index contributed by atoms with van der Waals surface area (Å²) in [4.78, 5) is 2.49. The molecule has 170 valence electrons. The fourth-order valence-electron chi connectivity index (χ4n) is 4.90. The van der Waals surface area contributed by atoms with Gasteiger partial charge in [-0.05, 0) is 79.9 Å². The molecule has 0 amide bonds. The quantitative estimate of drug-likeness (QED) is 0.486. The molecule has 0 radical (unpaired) electrons. The van der Waals surface area contributed by atoms with Crippen molar-refractivity contribution in [3.63, 3.8) is 0 Å². The first-order valence-corrected chi connectivity index (χ1v) is 11.9. The Hall–Kier alpha value is -3.24. The highest BCUT2D eigenvalue weighted by Crippen LogP contribution is 2.46. The lowest BCUT2D eigenvalue weighted by Crippen LogP contribution is -2.33. The van der Waals surface area contributed by atoms with Crippen molar-refractivity contribution in [3.8, 4) is 17.2 Å². The Morgan fingerprint density at radius 1 is 0.939 bits per heavy atom. The number of rotatable bonds is 6. The summed E-state index contributed by atoms with van der Waals surface area (Å²) in [5, 5.41) is 10.1. The molecule has 1 saturated heterocycles. The average molecular weight is 442 g/mol. The number of hydrogen-bond donors (Lipinski definition) is 1. The number of aromatic hydroxyl groups is 1. The number of phenols is 1. The van der Waals surface area contributed by atoms with Gasteiger partial charge in [-0.15, -0.1) is 0 Å². The van der Waals surface area contributed by atoms with Gasteiger partial charge in [-0.2, -0.15) is 0 Å². The third kappa shape index (κ3) is 4.76. The van der Waals surface area contributed by atoms with E-state index in [1.165, 1.54) is 32.4 Å². The van der Waals surface area contributed by atoms with Crippen molar-refractivity contribution in [3.05, 3.63) is 89.5 Å². The predicted molar refractivity (Wildman–Crippen MR) is 133 cm³/mol. The number of likely N-dealkylation sites (tertiary alicyclic amines) is 1. The Kier molecular flexibility index (Phi) is 6.36. The zero-order valence-corrected chi connectivity index (χ0v) is 19.2. The Labute approximate surface area is 196 Å². The average Bonchev–Trinajstić information content (AvgIpc) is 2.85. The molecule has 3 aromatic carbocycles. The van der Waals surface area contributed by atoms with E-state index < -0.39 is 0 Å². The molecule has 0 bridgehead atoms. The van der Waals surface area contributed by atoms with Gasteiger partial charge in [0, 0.05) is 17.7 Å². The van der Waals surface area contributed by atoms with E-state index in [4.69, 9.17) is 9.47 Å². The standard InChI is InChI=1S/C29H31NO3/c1-21-26-10-3-4-11-27(26)33-29(28(21)23-8-7-9-24(31)20-23)22-12-14-25(15-13-22)32-19-18-30-16-5-2-6-17-30/h3-4,7-15,20,29,31H,2,5-6,16-19H2,1H3/t29-/m0/s1. The molecule has 0 spiro atoms. The lowest BCUT2D eigenvalue weighted by molar-refractivity contribution is 0.183. The molecule has 4 heteroatoms. The second-order valence-corrected chi connectivity index (χ2v) is 8.90. The number of benzene rings is 3. The van der Waals surface area contributed by atoms with Crippen LogP contribution in [-0.2, 0) is 0 Å². The van der Waals surface area contributed by atoms with Crippen molar-refractivity contribution in [1.29, 1.82) is 0 Å². The Morgan fingerprint density at radius 2 is 1.73 bits per heavy atom. The Morgan fingerprint density at radius 3 is 2.52 bits per heavy atom. The summed E-state index contributed by atoms with van der Waals surface area (Å²) < 4.78 is 12.5. The number of allylic oxidation sites excluding steroid dienone is 1. The molecule has 1 N–H and O–H groups in total. The maximum absolute atomic E-state index is 10.1. The van der Waals surface area contributed by atoms with Crippen LogP contribution in [0.3, 0.4) is 0 Å². The summed E-state index contributed by atoms with van der Waals surface area (Å²) in [5.41, 5.74) is 5.35. The van der Waals surface area contributed by atoms with Crippen molar-refractivity contribution >= 4 is 11.1 Å². The van der Waals surface area contributed by atoms with Gasteiger partial charge in [-0.1, -0.05) is 48.9 Å². The Bertz CT molecular complexity index is 1130. The van der Waals surface area contributed by atoms with Gasteiger partial charge in [0.05, 0.1) is 0 Å². The predicted octanol–water partition coefficient (Wildman–Crippen LogP) is 6.32. The number of phenolic OH excluding ortho intramolecular Hbond substituents is 1. The fourth-order valence-corrected chi connectivity index (χ4v) is 4.90. The molecular formula is C29H31NO3. The van der Waals surface area contributed by atoms with Gasteiger partial charge in [0.15, 0.2) is 0 Å². The molecule has 1 atom stereocenters. The lowest BCUT2D eigenvalue weighted by atomic mass is 9.86. The van der Waals surface area contributed by atoms with Crippen molar-refractivity contribution in [1.82, 2.24) is 4.90 Å². The van der Waals surface area contributed by atoms with Crippen LogP contribution in [0.5, 0.6) is 17.2 Å². The minimum atomic E-state index is -0.260. The Balaban J connectivity index is 1.38. The van der Waals surface area contributed by atoms with Crippen LogP contribution in [0, 0.1) is 0 Å².